The quantitative estimate of drug-likeness (QED) is 0.788. The summed E-state index contributed by atoms with van der Waals surface area (Å²) in [6.07, 6.45) is 4.63. The zero-order chi connectivity index (χ0) is 12.8. The number of rotatable bonds is 3. The predicted octanol–water partition coefficient (Wildman–Crippen LogP) is 1.66. The van der Waals surface area contributed by atoms with E-state index in [0.29, 0.717) is 31.8 Å². The van der Waals surface area contributed by atoms with Crippen molar-refractivity contribution < 1.29 is 14.7 Å². The minimum atomic E-state index is -0.759. The van der Waals surface area contributed by atoms with Crippen LogP contribution in [0, 0.1) is 11.8 Å². The zero-order valence-electron chi connectivity index (χ0n) is 10.3. The lowest BCUT2D eigenvalue weighted by atomic mass is 9.97. The third kappa shape index (κ3) is 4.46. The number of hydrogen-bond donors (Lipinski definition) is 2. The number of nitrogens with one attached hydrogen (secondary N) is 1. The van der Waals surface area contributed by atoms with Gasteiger partial charge in [0, 0.05) is 19.3 Å². The number of aliphatic carboxylic acids is 1. The highest BCUT2D eigenvalue weighted by molar-refractivity contribution is 5.76. The van der Waals surface area contributed by atoms with Crippen molar-refractivity contribution in [1.82, 2.24) is 10.2 Å². The maximum absolute atomic E-state index is 11.7. The lowest BCUT2D eigenvalue weighted by molar-refractivity contribution is -0.143. The minimum Gasteiger partial charge on any atom is -0.481 e. The van der Waals surface area contributed by atoms with Gasteiger partial charge in [-0.25, -0.2) is 4.79 Å². The Morgan fingerprint density at radius 3 is 2.41 bits per heavy atom. The normalized spacial score (nSPS) is 17.7. The summed E-state index contributed by atoms with van der Waals surface area (Å²) in [6.45, 7) is 5.08. The fourth-order valence-corrected chi connectivity index (χ4v) is 1.73. The molecule has 5 nitrogen and oxygen atoms in total. The van der Waals surface area contributed by atoms with Crippen LogP contribution in [0.1, 0.15) is 26.7 Å². The van der Waals surface area contributed by atoms with Crippen molar-refractivity contribution in [2.24, 2.45) is 11.8 Å². The van der Waals surface area contributed by atoms with E-state index in [1.807, 2.05) is 19.9 Å². The van der Waals surface area contributed by atoms with E-state index in [0.717, 1.165) is 0 Å². The van der Waals surface area contributed by atoms with Crippen molar-refractivity contribution in [3.05, 3.63) is 12.3 Å². The van der Waals surface area contributed by atoms with Crippen LogP contribution in [0.15, 0.2) is 12.3 Å². The lowest BCUT2D eigenvalue weighted by Crippen LogP contribution is -2.44. The number of carbonyl (C=O) groups excluding carboxylic acids is 1. The molecule has 0 bridgehead atoms. The molecule has 1 aliphatic heterocycles. The number of nitrogens with zero attached hydrogens (tertiary/aromatic N) is 1. The van der Waals surface area contributed by atoms with Crippen molar-refractivity contribution in [3.63, 3.8) is 0 Å². The first-order valence-corrected chi connectivity index (χ1v) is 5.95. The molecule has 2 N–H and O–H groups in total. The summed E-state index contributed by atoms with van der Waals surface area (Å²) in [5.74, 6) is -0.664. The summed E-state index contributed by atoms with van der Waals surface area (Å²) < 4.78 is 0. The summed E-state index contributed by atoms with van der Waals surface area (Å²) in [4.78, 5) is 24.1. The molecule has 0 aromatic heterocycles. The van der Waals surface area contributed by atoms with Crippen LogP contribution in [0.4, 0.5) is 4.79 Å². The molecule has 0 aromatic carbocycles. The molecule has 0 radical (unpaired) electrons. The number of carbonyl (C=O) groups is 2. The van der Waals surface area contributed by atoms with Gasteiger partial charge in [0.05, 0.1) is 5.92 Å². The van der Waals surface area contributed by atoms with Crippen molar-refractivity contribution in [1.29, 1.82) is 0 Å². The largest absolute Gasteiger partial charge is 0.481 e. The van der Waals surface area contributed by atoms with Gasteiger partial charge in [-0.1, -0.05) is 19.9 Å². The molecule has 0 aliphatic carbocycles. The molecule has 1 heterocycles. The number of carboxylic acid groups (broad SMARTS) is 1. The third-order valence-electron chi connectivity index (χ3n) is 2.82. The van der Waals surface area contributed by atoms with Crippen molar-refractivity contribution in [2.75, 3.05) is 13.1 Å². The Labute approximate surface area is 101 Å². The summed E-state index contributed by atoms with van der Waals surface area (Å²) >= 11 is 0. The number of urea groups is 1. The number of piperidine rings is 1. The first-order valence-electron chi connectivity index (χ1n) is 5.95. The molecule has 0 spiro atoms. The van der Waals surface area contributed by atoms with Crippen molar-refractivity contribution >= 4 is 12.0 Å². The van der Waals surface area contributed by atoms with E-state index >= 15 is 0 Å². The monoisotopic (exact) mass is 240 g/mol. The van der Waals surface area contributed by atoms with E-state index in [4.69, 9.17) is 5.11 Å². The van der Waals surface area contributed by atoms with E-state index in [-0.39, 0.29) is 11.9 Å². The number of hydrogen-bond acceptors (Lipinski definition) is 2. The van der Waals surface area contributed by atoms with Gasteiger partial charge in [-0.3, -0.25) is 4.79 Å². The average Bonchev–Trinajstić information content (AvgIpc) is 2.28. The highest BCUT2D eigenvalue weighted by atomic mass is 16.4. The van der Waals surface area contributed by atoms with Gasteiger partial charge in [-0.2, -0.15) is 0 Å². The second kappa shape index (κ2) is 6.27. The van der Waals surface area contributed by atoms with Crippen LogP contribution in [0.3, 0.4) is 0 Å². The molecule has 2 amide bonds. The van der Waals surface area contributed by atoms with Crippen LogP contribution in [-0.2, 0) is 4.79 Å². The maximum Gasteiger partial charge on any atom is 0.321 e. The van der Waals surface area contributed by atoms with E-state index in [1.54, 1.807) is 11.1 Å². The average molecular weight is 240 g/mol. The highest BCUT2D eigenvalue weighted by Gasteiger charge is 2.26. The number of likely N-dealkylation sites (tertiary alicyclic amines) is 1. The van der Waals surface area contributed by atoms with Gasteiger partial charge in [0.2, 0.25) is 0 Å². The Morgan fingerprint density at radius 2 is 1.94 bits per heavy atom. The zero-order valence-corrected chi connectivity index (χ0v) is 10.3. The Bertz CT molecular complexity index is 305. The van der Waals surface area contributed by atoms with Gasteiger partial charge in [-0.05, 0) is 18.8 Å². The molecule has 1 rings (SSSR count). The molecule has 96 valence electrons. The van der Waals surface area contributed by atoms with E-state index < -0.39 is 5.97 Å². The summed E-state index contributed by atoms with van der Waals surface area (Å²) in [6, 6.07) is -0.147. The Morgan fingerprint density at radius 1 is 1.35 bits per heavy atom. The molecule has 0 saturated carbocycles. The number of carboxylic acids is 1. The highest BCUT2D eigenvalue weighted by Crippen LogP contribution is 2.17. The van der Waals surface area contributed by atoms with Gasteiger partial charge in [0.15, 0.2) is 0 Å². The predicted molar refractivity (Wildman–Crippen MR) is 64.4 cm³/mol. The van der Waals surface area contributed by atoms with E-state index in [9.17, 15) is 9.59 Å². The molecular weight excluding hydrogens is 220 g/mol. The third-order valence-corrected chi connectivity index (χ3v) is 2.82. The van der Waals surface area contributed by atoms with E-state index in [1.165, 1.54) is 0 Å². The fourth-order valence-electron chi connectivity index (χ4n) is 1.73. The molecule has 0 unspecified atom stereocenters. The molecule has 1 fully saturated rings. The Balaban J connectivity index is 2.33. The molecule has 5 heteroatoms. The minimum absolute atomic E-state index is 0.147. The molecule has 1 aliphatic rings. The van der Waals surface area contributed by atoms with Crippen LogP contribution >= 0.6 is 0 Å². The standard InChI is InChI=1S/C12H20N2O3/c1-9(2)3-6-13-12(17)14-7-4-10(5-8-14)11(15)16/h3,6,9-10H,4-5,7-8H2,1-2H3,(H,13,17)(H,15,16)/b6-3+. The Hall–Kier alpha value is -1.52. The molecular formula is C12H20N2O3. The smallest absolute Gasteiger partial charge is 0.321 e. The van der Waals surface area contributed by atoms with Gasteiger partial charge in [0.25, 0.3) is 0 Å². The van der Waals surface area contributed by atoms with Crippen molar-refractivity contribution in [3.8, 4) is 0 Å². The van der Waals surface area contributed by atoms with Crippen LogP contribution in [0.25, 0.3) is 0 Å². The maximum atomic E-state index is 11.7. The van der Waals surface area contributed by atoms with Gasteiger partial charge < -0.3 is 15.3 Å². The van der Waals surface area contributed by atoms with Gasteiger partial charge in [-0.15, -0.1) is 0 Å². The summed E-state index contributed by atoms with van der Waals surface area (Å²) in [7, 11) is 0. The number of allylic oxidation sites excluding steroid dienone is 1. The second-order valence-electron chi connectivity index (χ2n) is 4.65. The molecule has 17 heavy (non-hydrogen) atoms. The van der Waals surface area contributed by atoms with Crippen LogP contribution in [0.5, 0.6) is 0 Å². The lowest BCUT2D eigenvalue weighted by Gasteiger charge is -2.29. The Kier molecular flexibility index (Phi) is 5.00. The topological polar surface area (TPSA) is 69.6 Å². The summed E-state index contributed by atoms with van der Waals surface area (Å²) in [5, 5.41) is 11.5. The summed E-state index contributed by atoms with van der Waals surface area (Å²) in [5.41, 5.74) is 0. The molecule has 1 saturated heterocycles. The van der Waals surface area contributed by atoms with Gasteiger partial charge >= 0.3 is 12.0 Å². The number of amides is 2. The first-order chi connectivity index (χ1) is 8.00. The fraction of sp³-hybridized carbons (Fsp3) is 0.667. The van der Waals surface area contributed by atoms with Crippen LogP contribution in [0.2, 0.25) is 0 Å². The second-order valence-corrected chi connectivity index (χ2v) is 4.65. The first kappa shape index (κ1) is 13.5. The van der Waals surface area contributed by atoms with E-state index in [2.05, 4.69) is 5.32 Å². The molecule has 0 atom stereocenters. The van der Waals surface area contributed by atoms with Crippen molar-refractivity contribution in [2.45, 2.75) is 26.7 Å². The molecule has 0 aromatic rings. The van der Waals surface area contributed by atoms with Crippen LogP contribution < -0.4 is 5.32 Å². The van der Waals surface area contributed by atoms with Gasteiger partial charge in [0.1, 0.15) is 0 Å². The van der Waals surface area contributed by atoms with Crippen LogP contribution in [-0.4, -0.2) is 35.1 Å². The SMILES string of the molecule is CC(C)/C=C/NC(=O)N1CCC(C(=O)O)CC1.